The molecular weight excluding hydrogens is 350 g/mol. The molecule has 1 aromatic heterocycles. The number of sulfonamides is 1. The van der Waals surface area contributed by atoms with Crippen LogP contribution in [-0.2, 0) is 10.0 Å². The fraction of sp³-hybridized carbons (Fsp3) is 0.0526. The van der Waals surface area contributed by atoms with Crippen LogP contribution < -0.4 is 10.0 Å². The Morgan fingerprint density at radius 3 is 2.23 bits per heavy atom. The summed E-state index contributed by atoms with van der Waals surface area (Å²) in [6.07, 6.45) is 1.57. The Morgan fingerprint density at radius 1 is 0.923 bits per heavy atom. The number of carbonyl (C=O) groups excluding carboxylic acids is 1. The molecule has 0 atom stereocenters. The van der Waals surface area contributed by atoms with Gasteiger partial charge in [0.1, 0.15) is 5.82 Å². The number of nitrogens with zero attached hydrogens (tertiary/aromatic N) is 1. The van der Waals surface area contributed by atoms with Gasteiger partial charge in [-0.3, -0.25) is 9.52 Å². The maximum atomic E-state index is 12.4. The van der Waals surface area contributed by atoms with Gasteiger partial charge in [0.15, 0.2) is 0 Å². The SMILES string of the molecule is Cc1ccc(NS(=O)(=O)c2ccc(C(=O)Nc3ccccn3)cc2)cc1. The van der Waals surface area contributed by atoms with E-state index in [0.717, 1.165) is 5.56 Å². The molecule has 0 saturated carbocycles. The predicted molar refractivity (Wildman–Crippen MR) is 101 cm³/mol. The molecular formula is C19H17N3O3S. The third kappa shape index (κ3) is 4.25. The molecule has 0 unspecified atom stereocenters. The van der Waals surface area contributed by atoms with Crippen molar-refractivity contribution in [2.45, 2.75) is 11.8 Å². The number of anilines is 2. The number of aryl methyl sites for hydroxylation is 1. The molecule has 2 aromatic carbocycles. The van der Waals surface area contributed by atoms with Crippen molar-refractivity contribution in [3.63, 3.8) is 0 Å². The first-order valence-corrected chi connectivity index (χ1v) is 9.34. The van der Waals surface area contributed by atoms with Gasteiger partial charge in [0.2, 0.25) is 0 Å². The van der Waals surface area contributed by atoms with Crippen LogP contribution >= 0.6 is 0 Å². The van der Waals surface area contributed by atoms with Gasteiger partial charge in [-0.15, -0.1) is 0 Å². The van der Waals surface area contributed by atoms with Gasteiger partial charge in [0.05, 0.1) is 4.90 Å². The Hall–Kier alpha value is -3.19. The Morgan fingerprint density at radius 2 is 1.62 bits per heavy atom. The standard InChI is InChI=1S/C19H17N3O3S/c1-14-5-9-16(10-6-14)22-26(24,25)17-11-7-15(8-12-17)19(23)21-18-4-2-3-13-20-18/h2-13,22H,1H3,(H,20,21,23). The van der Waals surface area contributed by atoms with Crippen LogP contribution in [-0.4, -0.2) is 19.3 Å². The molecule has 26 heavy (non-hydrogen) atoms. The van der Waals surface area contributed by atoms with Crippen LogP contribution in [0.15, 0.2) is 77.8 Å². The number of carbonyl (C=O) groups is 1. The van der Waals surface area contributed by atoms with Crippen molar-refractivity contribution in [3.8, 4) is 0 Å². The summed E-state index contributed by atoms with van der Waals surface area (Å²) in [5.74, 6) is 0.0642. The lowest BCUT2D eigenvalue weighted by molar-refractivity contribution is 0.102. The van der Waals surface area contributed by atoms with E-state index < -0.39 is 10.0 Å². The average Bonchev–Trinajstić information content (AvgIpc) is 2.64. The van der Waals surface area contributed by atoms with E-state index >= 15 is 0 Å². The van der Waals surface area contributed by atoms with Crippen molar-refractivity contribution in [1.82, 2.24) is 4.98 Å². The Balaban J connectivity index is 1.73. The minimum atomic E-state index is -3.72. The van der Waals surface area contributed by atoms with Crippen LogP contribution in [0.5, 0.6) is 0 Å². The van der Waals surface area contributed by atoms with E-state index in [0.29, 0.717) is 17.1 Å². The van der Waals surface area contributed by atoms with E-state index in [2.05, 4.69) is 15.0 Å². The van der Waals surface area contributed by atoms with Crippen molar-refractivity contribution >= 4 is 27.4 Å². The molecule has 0 spiro atoms. The number of nitrogens with one attached hydrogen (secondary N) is 2. The Kier molecular flexibility index (Phi) is 4.99. The molecule has 3 aromatic rings. The first-order chi connectivity index (χ1) is 12.4. The maximum absolute atomic E-state index is 12.4. The first-order valence-electron chi connectivity index (χ1n) is 7.86. The number of pyridine rings is 1. The molecule has 0 aliphatic heterocycles. The third-order valence-corrected chi connectivity index (χ3v) is 5.03. The molecule has 7 heteroatoms. The molecule has 0 saturated heterocycles. The first kappa shape index (κ1) is 17.6. The second-order valence-corrected chi connectivity index (χ2v) is 7.35. The van der Waals surface area contributed by atoms with Crippen molar-refractivity contribution < 1.29 is 13.2 Å². The summed E-state index contributed by atoms with van der Waals surface area (Å²) in [7, 11) is -3.72. The van der Waals surface area contributed by atoms with Crippen LogP contribution in [0.1, 0.15) is 15.9 Å². The van der Waals surface area contributed by atoms with Crippen LogP contribution in [0.4, 0.5) is 11.5 Å². The number of amides is 1. The summed E-state index contributed by atoms with van der Waals surface area (Å²) in [6.45, 7) is 1.92. The van der Waals surface area contributed by atoms with Crippen LogP contribution in [0.2, 0.25) is 0 Å². The summed E-state index contributed by atoms with van der Waals surface area (Å²) >= 11 is 0. The highest BCUT2D eigenvalue weighted by Crippen LogP contribution is 2.17. The normalized spacial score (nSPS) is 11.0. The zero-order valence-corrected chi connectivity index (χ0v) is 14.8. The van der Waals surface area contributed by atoms with E-state index in [1.165, 1.54) is 24.3 Å². The molecule has 1 amide bonds. The van der Waals surface area contributed by atoms with E-state index in [9.17, 15) is 13.2 Å². The minimum Gasteiger partial charge on any atom is -0.307 e. The molecule has 0 aliphatic rings. The number of aromatic nitrogens is 1. The Labute approximate surface area is 152 Å². The second kappa shape index (κ2) is 7.37. The fourth-order valence-electron chi connectivity index (χ4n) is 2.25. The van der Waals surface area contributed by atoms with Crippen molar-refractivity contribution in [1.29, 1.82) is 0 Å². The van der Waals surface area contributed by atoms with Gasteiger partial charge in [0, 0.05) is 17.4 Å². The maximum Gasteiger partial charge on any atom is 0.261 e. The fourth-order valence-corrected chi connectivity index (χ4v) is 3.30. The van der Waals surface area contributed by atoms with Gasteiger partial charge in [-0.05, 0) is 55.5 Å². The molecule has 6 nitrogen and oxygen atoms in total. The van der Waals surface area contributed by atoms with Gasteiger partial charge < -0.3 is 5.32 Å². The number of rotatable bonds is 5. The summed E-state index contributed by atoms with van der Waals surface area (Å²) < 4.78 is 27.4. The van der Waals surface area contributed by atoms with Gasteiger partial charge in [-0.25, -0.2) is 13.4 Å². The second-order valence-electron chi connectivity index (χ2n) is 5.67. The van der Waals surface area contributed by atoms with E-state index in [4.69, 9.17) is 0 Å². The van der Waals surface area contributed by atoms with E-state index in [1.54, 1.807) is 36.5 Å². The smallest absolute Gasteiger partial charge is 0.261 e. The van der Waals surface area contributed by atoms with Gasteiger partial charge in [-0.2, -0.15) is 0 Å². The zero-order valence-electron chi connectivity index (χ0n) is 14.0. The molecule has 2 N–H and O–H groups in total. The van der Waals surface area contributed by atoms with Crippen LogP contribution in [0, 0.1) is 6.92 Å². The summed E-state index contributed by atoms with van der Waals surface area (Å²) in [5, 5.41) is 2.65. The summed E-state index contributed by atoms with van der Waals surface area (Å²) in [5.41, 5.74) is 1.86. The zero-order chi connectivity index (χ0) is 18.6. The van der Waals surface area contributed by atoms with E-state index in [-0.39, 0.29) is 10.8 Å². The molecule has 3 rings (SSSR count). The van der Waals surface area contributed by atoms with Crippen molar-refractivity contribution in [2.75, 3.05) is 10.0 Å². The topological polar surface area (TPSA) is 88.2 Å². The lowest BCUT2D eigenvalue weighted by Crippen LogP contribution is -2.15. The third-order valence-electron chi connectivity index (χ3n) is 3.64. The summed E-state index contributed by atoms with van der Waals surface area (Å²) in [4.78, 5) is 16.3. The highest BCUT2D eigenvalue weighted by Gasteiger charge is 2.15. The largest absolute Gasteiger partial charge is 0.307 e. The lowest BCUT2D eigenvalue weighted by Gasteiger charge is -2.09. The molecule has 1 heterocycles. The van der Waals surface area contributed by atoms with Crippen LogP contribution in [0.3, 0.4) is 0 Å². The van der Waals surface area contributed by atoms with Gasteiger partial charge in [-0.1, -0.05) is 23.8 Å². The molecule has 0 radical (unpaired) electrons. The molecule has 132 valence electrons. The minimum absolute atomic E-state index is 0.0764. The predicted octanol–water partition coefficient (Wildman–Crippen LogP) is 3.44. The number of hydrogen-bond donors (Lipinski definition) is 2. The molecule has 0 aliphatic carbocycles. The Bertz CT molecular complexity index is 1000. The van der Waals surface area contributed by atoms with Crippen molar-refractivity contribution in [3.05, 3.63) is 84.1 Å². The monoisotopic (exact) mass is 367 g/mol. The highest BCUT2D eigenvalue weighted by molar-refractivity contribution is 7.92. The van der Waals surface area contributed by atoms with Gasteiger partial charge >= 0.3 is 0 Å². The number of benzene rings is 2. The van der Waals surface area contributed by atoms with Crippen molar-refractivity contribution in [2.24, 2.45) is 0 Å². The highest BCUT2D eigenvalue weighted by atomic mass is 32.2. The van der Waals surface area contributed by atoms with Crippen LogP contribution in [0.25, 0.3) is 0 Å². The average molecular weight is 367 g/mol. The van der Waals surface area contributed by atoms with E-state index in [1.807, 2.05) is 19.1 Å². The molecule has 0 fully saturated rings. The lowest BCUT2D eigenvalue weighted by atomic mass is 10.2. The summed E-state index contributed by atoms with van der Waals surface area (Å²) in [6, 6.07) is 17.9. The number of hydrogen-bond acceptors (Lipinski definition) is 4. The van der Waals surface area contributed by atoms with Gasteiger partial charge in [0.25, 0.3) is 15.9 Å². The quantitative estimate of drug-likeness (QED) is 0.723. The molecule has 0 bridgehead atoms.